The molecule has 0 spiro atoms. The van der Waals surface area contributed by atoms with Crippen molar-refractivity contribution in [2.45, 2.75) is 38.0 Å². The van der Waals surface area contributed by atoms with Gasteiger partial charge in [-0.25, -0.2) is 4.98 Å². The number of amides is 1. The Morgan fingerprint density at radius 1 is 1.44 bits per heavy atom. The number of fused-ring (bicyclic) bond motifs is 1. The zero-order valence-electron chi connectivity index (χ0n) is 14.6. The second kappa shape index (κ2) is 6.27. The molecule has 1 aliphatic heterocycles. The van der Waals surface area contributed by atoms with E-state index in [-0.39, 0.29) is 5.91 Å². The van der Waals surface area contributed by atoms with Gasteiger partial charge in [-0.1, -0.05) is 0 Å². The minimum atomic E-state index is -0.630. The van der Waals surface area contributed by atoms with Crippen LogP contribution in [0.5, 0.6) is 0 Å². The maximum atomic E-state index is 12.8. The first kappa shape index (κ1) is 16.3. The first-order valence-corrected chi connectivity index (χ1v) is 8.65. The average molecular weight is 345 g/mol. The predicted molar refractivity (Wildman–Crippen MR) is 89.0 cm³/mol. The summed E-state index contributed by atoms with van der Waals surface area (Å²) >= 11 is 0. The number of aliphatic hydroxyl groups excluding tert-OH is 1. The number of aromatic nitrogens is 3. The van der Waals surface area contributed by atoms with Gasteiger partial charge in [0, 0.05) is 19.0 Å². The summed E-state index contributed by atoms with van der Waals surface area (Å²) in [7, 11) is 3.82. The third-order valence-electron chi connectivity index (χ3n) is 4.73. The molecule has 4 rings (SSSR count). The Morgan fingerprint density at radius 3 is 2.96 bits per heavy atom. The molecule has 1 saturated carbocycles. The van der Waals surface area contributed by atoms with Gasteiger partial charge in [-0.3, -0.25) is 9.48 Å². The van der Waals surface area contributed by atoms with Gasteiger partial charge >= 0.3 is 0 Å². The van der Waals surface area contributed by atoms with Gasteiger partial charge in [0.05, 0.1) is 24.5 Å². The molecule has 0 saturated heterocycles. The van der Waals surface area contributed by atoms with Crippen molar-refractivity contribution < 1.29 is 14.3 Å². The van der Waals surface area contributed by atoms with Crippen LogP contribution in [0.4, 0.5) is 0 Å². The first-order chi connectivity index (χ1) is 12.0. The normalized spacial score (nSPS) is 18.5. The predicted octanol–water partition coefficient (Wildman–Crippen LogP) is 0.999. The molecule has 1 N–H and O–H groups in total. The van der Waals surface area contributed by atoms with Crippen LogP contribution in [0, 0.1) is 0 Å². The van der Waals surface area contributed by atoms with E-state index in [9.17, 15) is 9.90 Å². The summed E-state index contributed by atoms with van der Waals surface area (Å²) in [4.78, 5) is 20.7. The first-order valence-electron chi connectivity index (χ1n) is 8.65. The van der Waals surface area contributed by atoms with Crippen molar-refractivity contribution in [3.05, 3.63) is 35.3 Å². The fourth-order valence-corrected chi connectivity index (χ4v) is 3.26. The molecule has 1 amide bonds. The summed E-state index contributed by atoms with van der Waals surface area (Å²) in [6, 6.07) is 1.89. The number of rotatable bonds is 5. The molecule has 8 nitrogen and oxygen atoms in total. The number of hydrogen-bond donors (Lipinski definition) is 1. The number of carbonyl (C=O) groups is 1. The molecule has 134 valence electrons. The molecule has 1 aliphatic carbocycles. The molecule has 1 unspecified atom stereocenters. The van der Waals surface area contributed by atoms with E-state index in [0.29, 0.717) is 43.5 Å². The highest BCUT2D eigenvalue weighted by molar-refractivity contribution is 5.93. The number of oxazole rings is 1. The Hall–Kier alpha value is -2.19. The highest BCUT2D eigenvalue weighted by Crippen LogP contribution is 2.41. The third kappa shape index (κ3) is 3.19. The smallest absolute Gasteiger partial charge is 0.276 e. The van der Waals surface area contributed by atoms with Crippen molar-refractivity contribution >= 4 is 5.91 Å². The van der Waals surface area contributed by atoms with Crippen LogP contribution in [-0.4, -0.2) is 62.8 Å². The van der Waals surface area contributed by atoms with Crippen LogP contribution in [0.15, 0.2) is 16.9 Å². The van der Waals surface area contributed by atoms with Gasteiger partial charge < -0.3 is 19.3 Å². The lowest BCUT2D eigenvalue weighted by Crippen LogP contribution is -2.38. The SMILES string of the molecule is CN(C)CC(O)c1cc2n(n1)CCN(C(=O)c1ncoc1C1CC1)C2. The van der Waals surface area contributed by atoms with E-state index in [4.69, 9.17) is 4.42 Å². The van der Waals surface area contributed by atoms with Gasteiger partial charge in [0.25, 0.3) is 5.91 Å². The minimum Gasteiger partial charge on any atom is -0.447 e. The lowest BCUT2D eigenvalue weighted by Gasteiger charge is -2.27. The molecule has 3 heterocycles. The van der Waals surface area contributed by atoms with Crippen LogP contribution >= 0.6 is 0 Å². The molecule has 0 aromatic carbocycles. The van der Waals surface area contributed by atoms with Crippen molar-refractivity contribution in [1.82, 2.24) is 24.6 Å². The molecule has 0 radical (unpaired) electrons. The lowest BCUT2D eigenvalue weighted by atomic mass is 10.2. The van der Waals surface area contributed by atoms with Crippen LogP contribution in [0.25, 0.3) is 0 Å². The monoisotopic (exact) mass is 345 g/mol. The fourth-order valence-electron chi connectivity index (χ4n) is 3.26. The maximum absolute atomic E-state index is 12.8. The summed E-state index contributed by atoms with van der Waals surface area (Å²) in [5.41, 5.74) is 2.03. The number of aliphatic hydroxyl groups is 1. The summed E-state index contributed by atoms with van der Waals surface area (Å²) in [5, 5.41) is 14.7. The molecule has 2 aromatic heterocycles. The van der Waals surface area contributed by atoms with Crippen molar-refractivity contribution in [1.29, 1.82) is 0 Å². The average Bonchev–Trinajstić information content (AvgIpc) is 3.15. The standard InChI is InChI=1S/C17H23N5O3/c1-20(2)9-14(23)13-7-12-8-21(5-6-22(12)19-13)17(24)15-16(11-3-4-11)25-10-18-15/h7,10-11,14,23H,3-6,8-9H2,1-2H3. The van der Waals surface area contributed by atoms with Crippen LogP contribution in [0.2, 0.25) is 0 Å². The van der Waals surface area contributed by atoms with Gasteiger partial charge in [0.1, 0.15) is 11.9 Å². The molecule has 25 heavy (non-hydrogen) atoms. The van der Waals surface area contributed by atoms with Crippen LogP contribution < -0.4 is 0 Å². The zero-order chi connectivity index (χ0) is 17.6. The maximum Gasteiger partial charge on any atom is 0.276 e. The third-order valence-corrected chi connectivity index (χ3v) is 4.73. The van der Waals surface area contributed by atoms with Gasteiger partial charge in [-0.15, -0.1) is 0 Å². The quantitative estimate of drug-likeness (QED) is 0.870. The highest BCUT2D eigenvalue weighted by Gasteiger charge is 2.35. The summed E-state index contributed by atoms with van der Waals surface area (Å²) in [6.07, 6.45) is 2.87. The fraction of sp³-hybridized carbons (Fsp3) is 0.588. The van der Waals surface area contributed by atoms with E-state index in [1.807, 2.05) is 29.7 Å². The topological polar surface area (TPSA) is 87.6 Å². The van der Waals surface area contributed by atoms with E-state index in [0.717, 1.165) is 24.3 Å². The molecule has 2 aliphatic rings. The number of likely N-dealkylation sites (N-methyl/N-ethyl adjacent to an activating group) is 1. The van der Waals surface area contributed by atoms with Crippen molar-refractivity contribution in [2.24, 2.45) is 0 Å². The van der Waals surface area contributed by atoms with Crippen LogP contribution in [-0.2, 0) is 13.1 Å². The Balaban J connectivity index is 1.50. The Bertz CT molecular complexity index is 777. The van der Waals surface area contributed by atoms with E-state index in [1.165, 1.54) is 6.39 Å². The number of carbonyl (C=O) groups excluding carboxylic acids is 1. The summed E-state index contributed by atoms with van der Waals surface area (Å²) in [6.45, 7) is 2.18. The second-order valence-electron chi connectivity index (χ2n) is 7.13. The number of hydrogen-bond acceptors (Lipinski definition) is 6. The van der Waals surface area contributed by atoms with Crippen LogP contribution in [0.1, 0.15) is 52.5 Å². The van der Waals surface area contributed by atoms with Crippen molar-refractivity contribution in [3.63, 3.8) is 0 Å². The van der Waals surface area contributed by atoms with Gasteiger partial charge in [-0.05, 0) is 33.0 Å². The molecular weight excluding hydrogens is 322 g/mol. The van der Waals surface area contributed by atoms with Crippen molar-refractivity contribution in [2.75, 3.05) is 27.2 Å². The summed E-state index contributed by atoms with van der Waals surface area (Å²) in [5.74, 6) is 0.995. The van der Waals surface area contributed by atoms with Crippen LogP contribution in [0.3, 0.4) is 0 Å². The summed E-state index contributed by atoms with van der Waals surface area (Å²) < 4.78 is 7.31. The number of nitrogens with zero attached hydrogens (tertiary/aromatic N) is 5. The van der Waals surface area contributed by atoms with Gasteiger partial charge in [-0.2, -0.15) is 5.10 Å². The minimum absolute atomic E-state index is 0.0847. The Kier molecular flexibility index (Phi) is 4.09. The Morgan fingerprint density at radius 2 is 2.24 bits per heavy atom. The second-order valence-corrected chi connectivity index (χ2v) is 7.13. The molecule has 1 atom stereocenters. The van der Waals surface area contributed by atoms with E-state index >= 15 is 0 Å². The highest BCUT2D eigenvalue weighted by atomic mass is 16.3. The molecular formula is C17H23N5O3. The zero-order valence-corrected chi connectivity index (χ0v) is 14.6. The van der Waals surface area contributed by atoms with Crippen molar-refractivity contribution in [3.8, 4) is 0 Å². The van der Waals surface area contributed by atoms with Gasteiger partial charge in [0.2, 0.25) is 0 Å². The molecule has 8 heteroatoms. The lowest BCUT2D eigenvalue weighted by molar-refractivity contribution is 0.0697. The van der Waals surface area contributed by atoms with Gasteiger partial charge in [0.15, 0.2) is 12.1 Å². The van der Waals surface area contributed by atoms with E-state index in [1.54, 1.807) is 4.90 Å². The molecule has 1 fully saturated rings. The largest absolute Gasteiger partial charge is 0.447 e. The van der Waals surface area contributed by atoms with E-state index < -0.39 is 6.10 Å². The molecule has 0 bridgehead atoms. The Labute approximate surface area is 146 Å². The molecule has 2 aromatic rings. The van der Waals surface area contributed by atoms with E-state index in [2.05, 4.69) is 10.1 Å².